The number of hydrogen-bond acceptors (Lipinski definition) is 2. The Kier molecular flexibility index (Phi) is 3.69. The molecule has 18 heavy (non-hydrogen) atoms. The molecular formula is C14H13Cl2NO. The summed E-state index contributed by atoms with van der Waals surface area (Å²) >= 11 is 12.0. The van der Waals surface area contributed by atoms with Gasteiger partial charge in [-0.05, 0) is 49.2 Å². The molecule has 2 aromatic carbocycles. The molecule has 0 radical (unpaired) electrons. The number of ether oxygens (including phenoxy) is 1. The molecule has 4 heteroatoms. The topological polar surface area (TPSA) is 35.2 Å². The molecule has 0 amide bonds. The van der Waals surface area contributed by atoms with E-state index in [4.69, 9.17) is 33.7 Å². The summed E-state index contributed by atoms with van der Waals surface area (Å²) in [5.74, 6) is 1.38. The van der Waals surface area contributed by atoms with Gasteiger partial charge in [-0.1, -0.05) is 23.2 Å². The number of rotatable bonds is 2. The number of nitrogen functional groups attached to an aromatic ring is 1. The summed E-state index contributed by atoms with van der Waals surface area (Å²) in [6, 6.07) is 8.96. The lowest BCUT2D eigenvalue weighted by atomic mass is 10.1. The number of nitrogens with two attached hydrogens (primary N) is 1. The predicted octanol–water partition coefficient (Wildman–Crippen LogP) is 4.98. The standard InChI is InChI=1S/C14H13Cl2NO/c1-8-5-11(6-9(2)14(8)16)18-10-3-4-12(15)13(17)7-10/h3-7H,17H2,1-2H3. The molecule has 0 heterocycles. The van der Waals surface area contributed by atoms with Crippen LogP contribution < -0.4 is 10.5 Å². The maximum atomic E-state index is 6.11. The Hall–Kier alpha value is -1.38. The van der Waals surface area contributed by atoms with Gasteiger partial charge in [0.05, 0.1) is 10.7 Å². The van der Waals surface area contributed by atoms with Crippen LogP contribution in [0, 0.1) is 13.8 Å². The van der Waals surface area contributed by atoms with Crippen LogP contribution in [0.5, 0.6) is 11.5 Å². The van der Waals surface area contributed by atoms with Crippen molar-refractivity contribution in [2.45, 2.75) is 13.8 Å². The van der Waals surface area contributed by atoms with Crippen molar-refractivity contribution < 1.29 is 4.74 Å². The van der Waals surface area contributed by atoms with Gasteiger partial charge in [-0.15, -0.1) is 0 Å². The molecule has 2 rings (SSSR count). The van der Waals surface area contributed by atoms with E-state index in [9.17, 15) is 0 Å². The molecule has 0 spiro atoms. The van der Waals surface area contributed by atoms with Gasteiger partial charge in [-0.3, -0.25) is 0 Å². The molecule has 0 aromatic heterocycles. The largest absolute Gasteiger partial charge is 0.457 e. The molecule has 0 fully saturated rings. The molecule has 0 atom stereocenters. The van der Waals surface area contributed by atoms with Gasteiger partial charge in [-0.25, -0.2) is 0 Å². The Labute approximate surface area is 116 Å². The van der Waals surface area contributed by atoms with Crippen LogP contribution >= 0.6 is 23.2 Å². The first-order valence-corrected chi connectivity index (χ1v) is 6.22. The van der Waals surface area contributed by atoms with Gasteiger partial charge in [-0.2, -0.15) is 0 Å². The minimum absolute atomic E-state index is 0.497. The zero-order chi connectivity index (χ0) is 13.3. The predicted molar refractivity (Wildman–Crippen MR) is 76.9 cm³/mol. The van der Waals surface area contributed by atoms with Crippen LogP contribution in [0.3, 0.4) is 0 Å². The SMILES string of the molecule is Cc1cc(Oc2ccc(Cl)c(N)c2)cc(C)c1Cl. The van der Waals surface area contributed by atoms with Gasteiger partial charge in [0.15, 0.2) is 0 Å². The lowest BCUT2D eigenvalue weighted by Gasteiger charge is -2.10. The van der Waals surface area contributed by atoms with E-state index >= 15 is 0 Å². The Morgan fingerprint density at radius 3 is 2.11 bits per heavy atom. The van der Waals surface area contributed by atoms with Crippen molar-refractivity contribution in [3.8, 4) is 11.5 Å². The van der Waals surface area contributed by atoms with Gasteiger partial charge < -0.3 is 10.5 Å². The van der Waals surface area contributed by atoms with Crippen LogP contribution in [0.4, 0.5) is 5.69 Å². The van der Waals surface area contributed by atoms with Crippen LogP contribution in [-0.2, 0) is 0 Å². The summed E-state index contributed by atoms with van der Waals surface area (Å²) in [6.45, 7) is 3.89. The normalized spacial score (nSPS) is 10.4. The summed E-state index contributed by atoms with van der Waals surface area (Å²) < 4.78 is 5.73. The van der Waals surface area contributed by atoms with E-state index in [1.54, 1.807) is 18.2 Å². The van der Waals surface area contributed by atoms with Crippen molar-refractivity contribution >= 4 is 28.9 Å². The molecule has 2 nitrogen and oxygen atoms in total. The van der Waals surface area contributed by atoms with E-state index in [0.717, 1.165) is 21.9 Å². The van der Waals surface area contributed by atoms with E-state index in [0.29, 0.717) is 16.5 Å². The van der Waals surface area contributed by atoms with Crippen molar-refractivity contribution in [2.24, 2.45) is 0 Å². The Morgan fingerprint density at radius 1 is 0.944 bits per heavy atom. The molecule has 0 aliphatic rings. The van der Waals surface area contributed by atoms with Gasteiger partial charge in [0.1, 0.15) is 11.5 Å². The Balaban J connectivity index is 2.31. The summed E-state index contributed by atoms with van der Waals surface area (Å²) in [4.78, 5) is 0. The highest BCUT2D eigenvalue weighted by atomic mass is 35.5. The molecule has 2 aromatic rings. The molecule has 0 aliphatic carbocycles. The van der Waals surface area contributed by atoms with Crippen molar-refractivity contribution in [3.63, 3.8) is 0 Å². The van der Waals surface area contributed by atoms with E-state index < -0.39 is 0 Å². The second-order valence-electron chi connectivity index (χ2n) is 4.16. The maximum Gasteiger partial charge on any atom is 0.129 e. The monoisotopic (exact) mass is 281 g/mol. The summed E-state index contributed by atoms with van der Waals surface area (Å²) in [6.07, 6.45) is 0. The second-order valence-corrected chi connectivity index (χ2v) is 4.94. The minimum atomic E-state index is 0.497. The number of anilines is 1. The fourth-order valence-electron chi connectivity index (χ4n) is 1.69. The highest BCUT2D eigenvalue weighted by Gasteiger charge is 2.05. The second kappa shape index (κ2) is 5.09. The number of hydrogen-bond donors (Lipinski definition) is 1. The lowest BCUT2D eigenvalue weighted by Crippen LogP contribution is -1.91. The lowest BCUT2D eigenvalue weighted by molar-refractivity contribution is 0.482. The molecule has 0 unspecified atom stereocenters. The first-order chi connectivity index (χ1) is 8.47. The first-order valence-electron chi connectivity index (χ1n) is 5.47. The highest BCUT2D eigenvalue weighted by molar-refractivity contribution is 6.33. The third-order valence-electron chi connectivity index (χ3n) is 2.61. The molecule has 0 aliphatic heterocycles. The van der Waals surface area contributed by atoms with Crippen LogP contribution in [0.15, 0.2) is 30.3 Å². The van der Waals surface area contributed by atoms with Gasteiger partial charge >= 0.3 is 0 Å². The molecule has 0 saturated heterocycles. The highest BCUT2D eigenvalue weighted by Crippen LogP contribution is 2.31. The van der Waals surface area contributed by atoms with Crippen molar-refractivity contribution in [3.05, 3.63) is 51.5 Å². The van der Waals surface area contributed by atoms with Crippen LogP contribution in [0.25, 0.3) is 0 Å². The van der Waals surface area contributed by atoms with E-state index in [2.05, 4.69) is 0 Å². The maximum absolute atomic E-state index is 6.11. The molecule has 0 bridgehead atoms. The average Bonchev–Trinajstić information content (AvgIpc) is 2.31. The average molecular weight is 282 g/mol. The summed E-state index contributed by atoms with van der Waals surface area (Å²) in [5.41, 5.74) is 8.18. The van der Waals surface area contributed by atoms with E-state index in [1.165, 1.54) is 0 Å². The van der Waals surface area contributed by atoms with Crippen LogP contribution in [-0.4, -0.2) is 0 Å². The zero-order valence-electron chi connectivity index (χ0n) is 10.1. The minimum Gasteiger partial charge on any atom is -0.457 e. The smallest absolute Gasteiger partial charge is 0.129 e. The third kappa shape index (κ3) is 2.71. The van der Waals surface area contributed by atoms with Crippen LogP contribution in [0.2, 0.25) is 10.0 Å². The Bertz CT molecular complexity index is 573. The fraction of sp³-hybridized carbons (Fsp3) is 0.143. The zero-order valence-corrected chi connectivity index (χ0v) is 11.6. The molecule has 2 N–H and O–H groups in total. The van der Waals surface area contributed by atoms with Crippen molar-refractivity contribution in [2.75, 3.05) is 5.73 Å². The van der Waals surface area contributed by atoms with Gasteiger partial charge in [0.2, 0.25) is 0 Å². The molecule has 0 saturated carbocycles. The van der Waals surface area contributed by atoms with Gasteiger partial charge in [0, 0.05) is 11.1 Å². The number of benzene rings is 2. The van der Waals surface area contributed by atoms with E-state index in [-0.39, 0.29) is 0 Å². The van der Waals surface area contributed by atoms with Gasteiger partial charge in [0.25, 0.3) is 0 Å². The van der Waals surface area contributed by atoms with Crippen molar-refractivity contribution in [1.82, 2.24) is 0 Å². The number of aryl methyl sites for hydroxylation is 2. The number of halogens is 2. The van der Waals surface area contributed by atoms with E-state index in [1.807, 2.05) is 26.0 Å². The fourth-order valence-corrected chi connectivity index (χ4v) is 1.91. The van der Waals surface area contributed by atoms with Crippen LogP contribution in [0.1, 0.15) is 11.1 Å². The summed E-state index contributed by atoms with van der Waals surface area (Å²) in [5, 5.41) is 1.28. The molecular weight excluding hydrogens is 269 g/mol. The first kappa shape index (κ1) is 13.1. The van der Waals surface area contributed by atoms with Crippen molar-refractivity contribution in [1.29, 1.82) is 0 Å². The Morgan fingerprint density at radius 2 is 1.56 bits per heavy atom. The molecule has 94 valence electrons. The third-order valence-corrected chi connectivity index (χ3v) is 3.55. The quantitative estimate of drug-likeness (QED) is 0.788. The summed E-state index contributed by atoms with van der Waals surface area (Å²) in [7, 11) is 0.